The number of alkyl halides is 3. The lowest BCUT2D eigenvalue weighted by Gasteiger charge is -2.22. The molecule has 0 spiro atoms. The summed E-state index contributed by atoms with van der Waals surface area (Å²) in [6.07, 6.45) is -3.18. The third-order valence-corrected chi connectivity index (χ3v) is 7.65. The highest BCUT2D eigenvalue weighted by atomic mass is 32.2. The molecule has 5 rings (SSSR count). The van der Waals surface area contributed by atoms with Gasteiger partial charge in [-0.15, -0.1) is 0 Å². The molecule has 4 aromatic carbocycles. The van der Waals surface area contributed by atoms with Gasteiger partial charge in [-0.2, -0.15) is 21.6 Å². The summed E-state index contributed by atoms with van der Waals surface area (Å²) < 4.78 is 74.9. The molecular formula is C32H24F3NO5S. The SMILES string of the molecule is O=C(c1ccc(-c2ccccc2)cc1)N(Cc1ccc(OS(=O)(=O)c2cccc(C(F)(F)F)c2)cc1)Cc1ccco1. The molecule has 214 valence electrons. The fraction of sp³-hybridized carbons (Fsp3) is 0.0938. The molecule has 1 aromatic heterocycles. The molecule has 0 unspecified atom stereocenters. The van der Waals surface area contributed by atoms with Crippen molar-refractivity contribution in [3.63, 3.8) is 0 Å². The zero-order valence-electron chi connectivity index (χ0n) is 22.0. The maximum Gasteiger partial charge on any atom is 0.416 e. The van der Waals surface area contributed by atoms with Crippen molar-refractivity contribution in [1.82, 2.24) is 4.90 Å². The van der Waals surface area contributed by atoms with Crippen molar-refractivity contribution in [1.29, 1.82) is 0 Å². The first-order chi connectivity index (χ1) is 20.1. The second-order valence-corrected chi connectivity index (χ2v) is 10.9. The predicted octanol–water partition coefficient (Wildman–Crippen LogP) is 7.58. The quantitative estimate of drug-likeness (QED) is 0.165. The molecule has 6 nitrogen and oxygen atoms in total. The van der Waals surface area contributed by atoms with Crippen LogP contribution >= 0.6 is 0 Å². The van der Waals surface area contributed by atoms with Crippen LogP contribution in [0.3, 0.4) is 0 Å². The van der Waals surface area contributed by atoms with Gasteiger partial charge in [0.2, 0.25) is 0 Å². The summed E-state index contributed by atoms with van der Waals surface area (Å²) in [6.45, 7) is 0.356. The summed E-state index contributed by atoms with van der Waals surface area (Å²) in [5.74, 6) is 0.256. The third kappa shape index (κ3) is 6.90. The Kier molecular flexibility index (Phi) is 8.17. The summed E-state index contributed by atoms with van der Waals surface area (Å²) >= 11 is 0. The predicted molar refractivity (Wildman–Crippen MR) is 150 cm³/mol. The topological polar surface area (TPSA) is 76.8 Å². The molecule has 0 atom stereocenters. The fourth-order valence-electron chi connectivity index (χ4n) is 4.28. The largest absolute Gasteiger partial charge is 0.467 e. The van der Waals surface area contributed by atoms with E-state index >= 15 is 0 Å². The van der Waals surface area contributed by atoms with Crippen molar-refractivity contribution < 1.29 is 35.0 Å². The Morgan fingerprint density at radius 3 is 2.10 bits per heavy atom. The van der Waals surface area contributed by atoms with E-state index in [0.29, 0.717) is 23.0 Å². The van der Waals surface area contributed by atoms with Crippen LogP contribution in [0.1, 0.15) is 27.2 Å². The van der Waals surface area contributed by atoms with Gasteiger partial charge in [-0.25, -0.2) is 0 Å². The molecule has 0 N–H and O–H groups in total. The lowest BCUT2D eigenvalue weighted by atomic mass is 10.0. The van der Waals surface area contributed by atoms with Gasteiger partial charge < -0.3 is 13.5 Å². The zero-order chi connectivity index (χ0) is 29.7. The highest BCUT2D eigenvalue weighted by Crippen LogP contribution is 2.31. The number of amides is 1. The Bertz CT molecular complexity index is 1750. The van der Waals surface area contributed by atoms with Gasteiger partial charge in [-0.05, 0) is 71.3 Å². The number of benzene rings is 4. The molecule has 5 aromatic rings. The van der Waals surface area contributed by atoms with Crippen molar-refractivity contribution in [3.05, 3.63) is 144 Å². The normalized spacial score (nSPS) is 11.7. The van der Waals surface area contributed by atoms with Gasteiger partial charge >= 0.3 is 16.3 Å². The summed E-state index contributed by atoms with van der Waals surface area (Å²) in [5.41, 5.74) is 2.05. The van der Waals surface area contributed by atoms with E-state index in [1.807, 2.05) is 42.5 Å². The second-order valence-electron chi connectivity index (χ2n) is 9.39. The molecule has 0 radical (unpaired) electrons. The average molecular weight is 592 g/mol. The van der Waals surface area contributed by atoms with Gasteiger partial charge in [-0.1, -0.05) is 60.7 Å². The van der Waals surface area contributed by atoms with Crippen LogP contribution in [0.2, 0.25) is 0 Å². The van der Waals surface area contributed by atoms with Gasteiger partial charge in [-0.3, -0.25) is 4.79 Å². The summed E-state index contributed by atoms with van der Waals surface area (Å²) in [7, 11) is -4.52. The van der Waals surface area contributed by atoms with Gasteiger partial charge in [0.25, 0.3) is 5.91 Å². The van der Waals surface area contributed by atoms with Gasteiger partial charge in [0.1, 0.15) is 16.4 Å². The van der Waals surface area contributed by atoms with Crippen LogP contribution in [-0.4, -0.2) is 19.2 Å². The lowest BCUT2D eigenvalue weighted by Crippen LogP contribution is -2.30. The van der Waals surface area contributed by atoms with Crippen molar-refractivity contribution in [2.24, 2.45) is 0 Å². The van der Waals surface area contributed by atoms with E-state index in [1.165, 1.54) is 18.4 Å². The van der Waals surface area contributed by atoms with E-state index in [1.54, 1.807) is 41.3 Å². The molecule has 42 heavy (non-hydrogen) atoms. The van der Waals surface area contributed by atoms with Crippen LogP contribution in [0.5, 0.6) is 5.75 Å². The first kappa shape index (κ1) is 28.7. The molecule has 0 aliphatic rings. The number of carbonyl (C=O) groups excluding carboxylic acids is 1. The maximum absolute atomic E-state index is 13.5. The Morgan fingerprint density at radius 1 is 0.762 bits per heavy atom. The Morgan fingerprint density at radius 2 is 1.45 bits per heavy atom. The third-order valence-electron chi connectivity index (χ3n) is 6.41. The van der Waals surface area contributed by atoms with Crippen molar-refractivity contribution in [2.45, 2.75) is 24.2 Å². The van der Waals surface area contributed by atoms with E-state index in [-0.39, 0.29) is 24.7 Å². The van der Waals surface area contributed by atoms with E-state index in [4.69, 9.17) is 8.60 Å². The van der Waals surface area contributed by atoms with Crippen LogP contribution in [0.15, 0.2) is 131 Å². The zero-order valence-corrected chi connectivity index (χ0v) is 22.8. The first-order valence-electron chi connectivity index (χ1n) is 12.8. The Hall–Kier alpha value is -4.83. The van der Waals surface area contributed by atoms with Crippen LogP contribution in [0.25, 0.3) is 11.1 Å². The number of hydrogen-bond donors (Lipinski definition) is 0. The Balaban J connectivity index is 1.32. The van der Waals surface area contributed by atoms with Crippen molar-refractivity contribution >= 4 is 16.0 Å². The minimum Gasteiger partial charge on any atom is -0.467 e. The lowest BCUT2D eigenvalue weighted by molar-refractivity contribution is -0.137. The molecule has 1 heterocycles. The number of hydrogen-bond acceptors (Lipinski definition) is 5. The fourth-order valence-corrected chi connectivity index (χ4v) is 5.26. The first-order valence-corrected chi connectivity index (χ1v) is 14.2. The molecular weight excluding hydrogens is 567 g/mol. The number of halogens is 3. The molecule has 0 saturated carbocycles. The van der Waals surface area contributed by atoms with Gasteiger partial charge in [0.15, 0.2) is 0 Å². The van der Waals surface area contributed by atoms with Crippen LogP contribution < -0.4 is 4.18 Å². The highest BCUT2D eigenvalue weighted by molar-refractivity contribution is 7.87. The molecule has 0 fully saturated rings. The molecule has 0 bridgehead atoms. The number of nitrogens with zero attached hydrogens (tertiary/aromatic N) is 1. The summed E-state index contributed by atoms with van der Waals surface area (Å²) in [6, 6.07) is 29.8. The second kappa shape index (κ2) is 12.0. The van der Waals surface area contributed by atoms with E-state index in [9.17, 15) is 26.4 Å². The monoisotopic (exact) mass is 591 g/mol. The molecule has 0 aliphatic carbocycles. The van der Waals surface area contributed by atoms with E-state index in [0.717, 1.165) is 29.3 Å². The minimum absolute atomic E-state index is 0.0865. The van der Waals surface area contributed by atoms with E-state index < -0.39 is 26.8 Å². The minimum atomic E-state index is -4.70. The maximum atomic E-state index is 13.5. The van der Waals surface area contributed by atoms with Crippen molar-refractivity contribution in [3.8, 4) is 16.9 Å². The summed E-state index contributed by atoms with van der Waals surface area (Å²) in [4.78, 5) is 14.5. The van der Waals surface area contributed by atoms with Gasteiger partial charge in [0.05, 0.1) is 18.4 Å². The Labute approximate surface area is 240 Å². The molecule has 0 aliphatic heterocycles. The number of furan rings is 1. The molecule has 10 heteroatoms. The smallest absolute Gasteiger partial charge is 0.416 e. The molecule has 1 amide bonds. The molecule has 0 saturated heterocycles. The highest BCUT2D eigenvalue weighted by Gasteiger charge is 2.32. The van der Waals surface area contributed by atoms with Crippen molar-refractivity contribution in [2.75, 3.05) is 0 Å². The van der Waals surface area contributed by atoms with Crippen LogP contribution in [-0.2, 0) is 29.4 Å². The van der Waals surface area contributed by atoms with Crippen LogP contribution in [0.4, 0.5) is 13.2 Å². The number of rotatable bonds is 9. The van der Waals surface area contributed by atoms with Gasteiger partial charge in [0, 0.05) is 12.1 Å². The number of carbonyl (C=O) groups is 1. The van der Waals surface area contributed by atoms with E-state index in [2.05, 4.69) is 0 Å². The standard InChI is InChI=1S/C32H24F3NO5S/c33-32(34,35)27-8-4-10-30(20-27)42(38,39)41-28-17-11-23(12-18-28)21-36(22-29-9-5-19-40-29)31(37)26-15-13-25(14-16-26)24-6-2-1-3-7-24/h1-20H,21-22H2. The summed E-state index contributed by atoms with van der Waals surface area (Å²) in [5, 5.41) is 0. The average Bonchev–Trinajstić information content (AvgIpc) is 3.51. The van der Waals surface area contributed by atoms with Crippen LogP contribution in [0, 0.1) is 0 Å².